The lowest BCUT2D eigenvalue weighted by Crippen LogP contribution is -2.19. The van der Waals surface area contributed by atoms with E-state index in [0.29, 0.717) is 12.4 Å². The zero-order valence-electron chi connectivity index (χ0n) is 11.9. The molecular weight excluding hydrogens is 277 g/mol. The Labute approximate surface area is 124 Å². The largest absolute Gasteiger partial charge is 0.465 e. The van der Waals surface area contributed by atoms with E-state index >= 15 is 0 Å². The zero-order chi connectivity index (χ0) is 14.6. The van der Waals surface area contributed by atoms with Gasteiger partial charge in [0.2, 0.25) is 0 Å². The number of rotatable bonds is 10. The van der Waals surface area contributed by atoms with Gasteiger partial charge in [-0.2, -0.15) is 0 Å². The first-order chi connectivity index (χ1) is 9.74. The summed E-state index contributed by atoms with van der Waals surface area (Å²) in [6.07, 6.45) is 1.65. The summed E-state index contributed by atoms with van der Waals surface area (Å²) in [4.78, 5) is 11.1. The first kappa shape index (κ1) is 17.0. The van der Waals surface area contributed by atoms with Gasteiger partial charge in [-0.25, -0.2) is 4.39 Å². The highest BCUT2D eigenvalue weighted by Gasteiger charge is 2.01. The Morgan fingerprint density at radius 2 is 2.15 bits per heavy atom. The highest BCUT2D eigenvalue weighted by Crippen LogP contribution is 2.08. The summed E-state index contributed by atoms with van der Waals surface area (Å²) < 4.78 is 18.2. The van der Waals surface area contributed by atoms with E-state index in [2.05, 4.69) is 5.32 Å². The predicted molar refractivity (Wildman–Crippen MR) is 81.5 cm³/mol. The lowest BCUT2D eigenvalue weighted by molar-refractivity contribution is -0.139. The number of esters is 1. The molecule has 0 radical (unpaired) electrons. The third kappa shape index (κ3) is 7.50. The van der Waals surface area contributed by atoms with Crippen LogP contribution in [-0.4, -0.2) is 37.2 Å². The molecule has 0 saturated carbocycles. The molecule has 0 heterocycles. The van der Waals surface area contributed by atoms with Crippen LogP contribution in [0.25, 0.3) is 0 Å². The average Bonchev–Trinajstić information content (AvgIpc) is 2.44. The molecule has 0 aromatic heterocycles. The highest BCUT2D eigenvalue weighted by molar-refractivity contribution is 7.99. The molecular formula is C15H22FNO2S. The van der Waals surface area contributed by atoms with E-state index in [0.717, 1.165) is 37.2 Å². The average molecular weight is 299 g/mol. The van der Waals surface area contributed by atoms with Crippen molar-refractivity contribution in [2.75, 3.05) is 31.2 Å². The Morgan fingerprint density at radius 1 is 1.35 bits per heavy atom. The molecule has 5 heteroatoms. The number of hydrogen-bond donors (Lipinski definition) is 1. The van der Waals surface area contributed by atoms with Crippen molar-refractivity contribution in [1.82, 2.24) is 5.32 Å². The predicted octanol–water partition coefficient (Wildman–Crippen LogP) is 2.64. The number of halogens is 1. The van der Waals surface area contributed by atoms with Gasteiger partial charge in [-0.3, -0.25) is 4.79 Å². The van der Waals surface area contributed by atoms with Gasteiger partial charge in [0.05, 0.1) is 12.4 Å². The maximum Gasteiger partial charge on any atom is 0.315 e. The zero-order valence-corrected chi connectivity index (χ0v) is 12.7. The fourth-order valence-corrected chi connectivity index (χ4v) is 2.42. The molecule has 0 saturated heterocycles. The van der Waals surface area contributed by atoms with Crippen LogP contribution in [0.2, 0.25) is 0 Å². The number of nitrogens with one attached hydrogen (secondary N) is 1. The third-order valence-electron chi connectivity index (χ3n) is 2.71. The Bertz CT molecular complexity index is 401. The van der Waals surface area contributed by atoms with Gasteiger partial charge in [-0.05, 0) is 37.9 Å². The maximum absolute atomic E-state index is 13.3. The van der Waals surface area contributed by atoms with E-state index in [1.807, 2.05) is 12.1 Å². The van der Waals surface area contributed by atoms with Crippen molar-refractivity contribution in [2.24, 2.45) is 0 Å². The van der Waals surface area contributed by atoms with E-state index in [1.54, 1.807) is 24.8 Å². The van der Waals surface area contributed by atoms with E-state index in [1.165, 1.54) is 6.07 Å². The van der Waals surface area contributed by atoms with Crippen LogP contribution in [0.5, 0.6) is 0 Å². The molecule has 0 fully saturated rings. The summed E-state index contributed by atoms with van der Waals surface area (Å²) in [5, 5.41) is 3.29. The minimum Gasteiger partial charge on any atom is -0.465 e. The van der Waals surface area contributed by atoms with Crippen LogP contribution < -0.4 is 5.32 Å². The molecule has 0 aliphatic carbocycles. The van der Waals surface area contributed by atoms with E-state index in [-0.39, 0.29) is 11.8 Å². The molecule has 0 aliphatic rings. The van der Waals surface area contributed by atoms with Gasteiger partial charge in [0.25, 0.3) is 0 Å². The molecule has 1 N–H and O–H groups in total. The second kappa shape index (κ2) is 10.7. The van der Waals surface area contributed by atoms with Crippen molar-refractivity contribution in [1.29, 1.82) is 0 Å². The second-order valence-electron chi connectivity index (χ2n) is 4.30. The fraction of sp³-hybridized carbons (Fsp3) is 0.533. The summed E-state index contributed by atoms with van der Waals surface area (Å²) in [6.45, 7) is 3.95. The number of aryl methyl sites for hydroxylation is 1. The van der Waals surface area contributed by atoms with E-state index in [9.17, 15) is 9.18 Å². The smallest absolute Gasteiger partial charge is 0.315 e. The molecule has 3 nitrogen and oxygen atoms in total. The summed E-state index contributed by atoms with van der Waals surface area (Å²) in [6, 6.07) is 6.88. The number of carbonyl (C=O) groups excluding carboxylic acids is 1. The number of carbonyl (C=O) groups is 1. The Hall–Kier alpha value is -1.07. The number of benzene rings is 1. The van der Waals surface area contributed by atoms with Crippen LogP contribution in [0.4, 0.5) is 4.39 Å². The first-order valence-corrected chi connectivity index (χ1v) is 8.07. The standard InChI is InChI=1S/C15H22FNO2S/c1-2-19-15(18)12-20-11-10-17-9-5-7-13-6-3-4-8-14(13)16/h3-4,6,8,17H,2,5,7,9-12H2,1H3. The summed E-state index contributed by atoms with van der Waals surface area (Å²) >= 11 is 1.56. The maximum atomic E-state index is 13.3. The lowest BCUT2D eigenvalue weighted by Gasteiger charge is -2.05. The molecule has 0 bridgehead atoms. The second-order valence-corrected chi connectivity index (χ2v) is 5.41. The fourth-order valence-electron chi connectivity index (χ4n) is 1.73. The van der Waals surface area contributed by atoms with Crippen LogP contribution in [0.15, 0.2) is 24.3 Å². The summed E-state index contributed by atoms with van der Waals surface area (Å²) in [5.41, 5.74) is 0.769. The Balaban J connectivity index is 1.95. The van der Waals surface area contributed by atoms with Crippen LogP contribution in [0, 0.1) is 5.82 Å². The minimum atomic E-state index is -0.156. The first-order valence-electron chi connectivity index (χ1n) is 6.91. The van der Waals surface area contributed by atoms with Crippen molar-refractivity contribution >= 4 is 17.7 Å². The van der Waals surface area contributed by atoms with Crippen LogP contribution in [0.1, 0.15) is 18.9 Å². The van der Waals surface area contributed by atoms with Gasteiger partial charge in [-0.15, -0.1) is 11.8 Å². The molecule has 0 amide bonds. The van der Waals surface area contributed by atoms with Gasteiger partial charge in [0.15, 0.2) is 0 Å². The molecule has 0 unspecified atom stereocenters. The number of ether oxygens (including phenoxy) is 1. The van der Waals surface area contributed by atoms with Crippen molar-refractivity contribution < 1.29 is 13.9 Å². The van der Waals surface area contributed by atoms with Gasteiger partial charge in [-0.1, -0.05) is 18.2 Å². The van der Waals surface area contributed by atoms with Crippen molar-refractivity contribution in [3.8, 4) is 0 Å². The van der Waals surface area contributed by atoms with Crippen LogP contribution in [0.3, 0.4) is 0 Å². The van der Waals surface area contributed by atoms with Crippen molar-refractivity contribution in [3.05, 3.63) is 35.6 Å². The summed E-state index contributed by atoms with van der Waals surface area (Å²) in [7, 11) is 0. The molecule has 0 atom stereocenters. The molecule has 1 rings (SSSR count). The monoisotopic (exact) mass is 299 g/mol. The highest BCUT2D eigenvalue weighted by atomic mass is 32.2. The molecule has 1 aromatic carbocycles. The third-order valence-corrected chi connectivity index (χ3v) is 3.64. The molecule has 20 heavy (non-hydrogen) atoms. The summed E-state index contributed by atoms with van der Waals surface area (Å²) in [5.74, 6) is 0.998. The molecule has 0 aliphatic heterocycles. The Kier molecular flexibility index (Phi) is 9.07. The van der Waals surface area contributed by atoms with Crippen molar-refractivity contribution in [3.63, 3.8) is 0 Å². The minimum absolute atomic E-state index is 0.127. The lowest BCUT2D eigenvalue weighted by atomic mass is 10.1. The van der Waals surface area contributed by atoms with Crippen LogP contribution >= 0.6 is 11.8 Å². The van der Waals surface area contributed by atoms with Gasteiger partial charge < -0.3 is 10.1 Å². The normalized spacial score (nSPS) is 10.5. The van der Waals surface area contributed by atoms with Gasteiger partial charge in [0.1, 0.15) is 5.82 Å². The van der Waals surface area contributed by atoms with E-state index < -0.39 is 0 Å². The topological polar surface area (TPSA) is 38.3 Å². The Morgan fingerprint density at radius 3 is 2.90 bits per heavy atom. The quantitative estimate of drug-likeness (QED) is 0.532. The number of thioether (sulfide) groups is 1. The SMILES string of the molecule is CCOC(=O)CSCCNCCCc1ccccc1F. The van der Waals surface area contributed by atoms with Gasteiger partial charge in [0, 0.05) is 12.3 Å². The number of hydrogen-bond acceptors (Lipinski definition) is 4. The van der Waals surface area contributed by atoms with Gasteiger partial charge >= 0.3 is 5.97 Å². The van der Waals surface area contributed by atoms with Crippen molar-refractivity contribution in [2.45, 2.75) is 19.8 Å². The molecule has 0 spiro atoms. The molecule has 1 aromatic rings. The molecule has 112 valence electrons. The van der Waals surface area contributed by atoms with E-state index in [4.69, 9.17) is 4.74 Å². The van der Waals surface area contributed by atoms with Crippen LogP contribution in [-0.2, 0) is 16.0 Å².